The Kier molecular flexibility index (Phi) is 7.53. The monoisotopic (exact) mass is 342 g/mol. The minimum absolute atomic E-state index is 0.0988. The van der Waals surface area contributed by atoms with E-state index in [1.807, 2.05) is 6.92 Å². The Balaban J connectivity index is 2.77. The van der Waals surface area contributed by atoms with Crippen molar-refractivity contribution < 1.29 is 29.3 Å². The van der Waals surface area contributed by atoms with Crippen molar-refractivity contribution in [2.24, 2.45) is 0 Å². The second kappa shape index (κ2) is 8.91. The van der Waals surface area contributed by atoms with Crippen LogP contribution in [0.2, 0.25) is 0 Å². The first-order valence-corrected chi connectivity index (χ1v) is 7.93. The van der Waals surface area contributed by atoms with E-state index in [0.717, 1.165) is 0 Å². The van der Waals surface area contributed by atoms with Gasteiger partial charge in [-0.05, 0) is 19.8 Å². The summed E-state index contributed by atoms with van der Waals surface area (Å²) in [5.74, 6) is -1.47. The lowest BCUT2D eigenvalue weighted by molar-refractivity contribution is -0.134. The standard InChI is InChI=1S/C16H26N2O6/c1-4-5-13(21)17-12(7-19)15(23)18-11(6-10(2)3)14(22)16(8-20)9-24-16/h11-12,19-20H,2,4-9H2,1,3H3,(H,17,21)(H,18,23)/t11-,12+,16-/m1/s1. The first-order chi connectivity index (χ1) is 11.3. The van der Waals surface area contributed by atoms with Gasteiger partial charge in [0.1, 0.15) is 6.04 Å². The van der Waals surface area contributed by atoms with Gasteiger partial charge >= 0.3 is 0 Å². The Bertz CT molecular complexity index is 501. The van der Waals surface area contributed by atoms with Gasteiger partial charge in [-0.25, -0.2) is 0 Å². The highest BCUT2D eigenvalue weighted by Gasteiger charge is 2.54. The lowest BCUT2D eigenvalue weighted by Crippen LogP contribution is -2.55. The Hall–Kier alpha value is -1.77. The molecule has 3 atom stereocenters. The molecule has 1 rings (SSSR count). The zero-order valence-electron chi connectivity index (χ0n) is 14.1. The van der Waals surface area contributed by atoms with Gasteiger partial charge in [0, 0.05) is 6.42 Å². The van der Waals surface area contributed by atoms with Gasteiger partial charge in [-0.3, -0.25) is 14.4 Å². The van der Waals surface area contributed by atoms with E-state index >= 15 is 0 Å². The fourth-order valence-corrected chi connectivity index (χ4v) is 2.23. The van der Waals surface area contributed by atoms with E-state index in [1.165, 1.54) is 0 Å². The van der Waals surface area contributed by atoms with Gasteiger partial charge in [-0.2, -0.15) is 0 Å². The zero-order valence-corrected chi connectivity index (χ0v) is 14.1. The fourth-order valence-electron chi connectivity index (χ4n) is 2.23. The summed E-state index contributed by atoms with van der Waals surface area (Å²) in [6.45, 7) is 6.30. The van der Waals surface area contributed by atoms with E-state index in [-0.39, 0.29) is 25.4 Å². The third kappa shape index (κ3) is 5.40. The molecule has 0 aromatic rings. The van der Waals surface area contributed by atoms with Crippen LogP contribution < -0.4 is 10.6 Å². The molecule has 4 N–H and O–H groups in total. The first kappa shape index (κ1) is 20.3. The molecule has 0 unspecified atom stereocenters. The maximum atomic E-state index is 12.5. The highest BCUT2D eigenvalue weighted by Crippen LogP contribution is 2.29. The number of epoxide rings is 1. The molecular weight excluding hydrogens is 316 g/mol. The maximum absolute atomic E-state index is 12.5. The molecule has 136 valence electrons. The molecule has 1 heterocycles. The van der Waals surface area contributed by atoms with Gasteiger partial charge in [-0.1, -0.05) is 12.5 Å². The Morgan fingerprint density at radius 2 is 1.88 bits per heavy atom. The van der Waals surface area contributed by atoms with Gasteiger partial charge in [0.2, 0.25) is 11.8 Å². The van der Waals surface area contributed by atoms with Gasteiger partial charge in [0.25, 0.3) is 0 Å². The largest absolute Gasteiger partial charge is 0.394 e. The van der Waals surface area contributed by atoms with Crippen LogP contribution in [-0.2, 0) is 19.1 Å². The molecule has 0 saturated carbocycles. The van der Waals surface area contributed by atoms with Crippen molar-refractivity contribution in [1.82, 2.24) is 10.6 Å². The van der Waals surface area contributed by atoms with Crippen LogP contribution in [0, 0.1) is 0 Å². The molecule has 0 bridgehead atoms. The third-order valence-corrected chi connectivity index (χ3v) is 3.69. The second-order valence-electron chi connectivity index (χ2n) is 6.08. The molecule has 1 fully saturated rings. The summed E-state index contributed by atoms with van der Waals surface area (Å²) in [5, 5.41) is 23.6. The number of hydrogen-bond donors (Lipinski definition) is 4. The van der Waals surface area contributed by atoms with Crippen molar-refractivity contribution in [3.63, 3.8) is 0 Å². The van der Waals surface area contributed by atoms with E-state index in [9.17, 15) is 24.6 Å². The van der Waals surface area contributed by atoms with Crippen LogP contribution in [0.1, 0.15) is 33.1 Å². The summed E-state index contributed by atoms with van der Waals surface area (Å²) in [6, 6.07) is -2.09. The van der Waals surface area contributed by atoms with E-state index in [0.29, 0.717) is 12.0 Å². The van der Waals surface area contributed by atoms with Crippen molar-refractivity contribution in [2.45, 2.75) is 50.8 Å². The lowest BCUT2D eigenvalue weighted by atomic mass is 9.94. The summed E-state index contributed by atoms with van der Waals surface area (Å²) in [6.07, 6.45) is 1.02. The molecule has 1 aliphatic rings. The van der Waals surface area contributed by atoms with Crippen molar-refractivity contribution in [3.8, 4) is 0 Å². The first-order valence-electron chi connectivity index (χ1n) is 7.93. The van der Waals surface area contributed by atoms with E-state index in [1.54, 1.807) is 6.92 Å². The predicted molar refractivity (Wildman–Crippen MR) is 86.1 cm³/mol. The number of carbonyl (C=O) groups is 3. The molecule has 1 aliphatic heterocycles. The SMILES string of the molecule is C=C(C)C[C@@H](NC(=O)[C@H](CO)NC(=O)CCC)C(=O)[C@@]1(CO)CO1. The van der Waals surface area contributed by atoms with Gasteiger partial charge < -0.3 is 25.6 Å². The number of amides is 2. The number of Topliss-reactive ketones (excluding diaryl/α,β-unsaturated/α-hetero) is 1. The van der Waals surface area contributed by atoms with Crippen molar-refractivity contribution in [1.29, 1.82) is 0 Å². The van der Waals surface area contributed by atoms with Gasteiger partial charge in [0.05, 0.1) is 25.9 Å². The average molecular weight is 342 g/mol. The Labute approximate surface area is 141 Å². The van der Waals surface area contributed by atoms with Crippen LogP contribution in [0.5, 0.6) is 0 Å². The van der Waals surface area contributed by atoms with Crippen LogP contribution in [0.25, 0.3) is 0 Å². The molecule has 1 saturated heterocycles. The number of aliphatic hydroxyl groups is 2. The number of hydrogen-bond acceptors (Lipinski definition) is 6. The number of aliphatic hydroxyl groups excluding tert-OH is 2. The van der Waals surface area contributed by atoms with Crippen molar-refractivity contribution >= 4 is 17.6 Å². The summed E-state index contributed by atoms with van der Waals surface area (Å²) in [5.41, 5.74) is -0.605. The lowest BCUT2D eigenvalue weighted by Gasteiger charge is -2.23. The molecular formula is C16H26N2O6. The molecule has 0 aromatic heterocycles. The van der Waals surface area contributed by atoms with E-state index in [4.69, 9.17) is 4.74 Å². The molecule has 0 radical (unpaired) electrons. The highest BCUT2D eigenvalue weighted by atomic mass is 16.6. The Morgan fingerprint density at radius 3 is 2.29 bits per heavy atom. The smallest absolute Gasteiger partial charge is 0.245 e. The van der Waals surface area contributed by atoms with Gasteiger partial charge in [-0.15, -0.1) is 6.58 Å². The number of ether oxygens (including phenoxy) is 1. The fraction of sp³-hybridized carbons (Fsp3) is 0.688. The zero-order chi connectivity index (χ0) is 18.3. The van der Waals surface area contributed by atoms with Crippen LogP contribution in [-0.4, -0.2) is 65.3 Å². The topological polar surface area (TPSA) is 128 Å². The van der Waals surface area contributed by atoms with E-state index < -0.39 is 42.6 Å². The number of carbonyl (C=O) groups excluding carboxylic acids is 3. The van der Waals surface area contributed by atoms with Crippen LogP contribution >= 0.6 is 0 Å². The molecule has 0 spiro atoms. The highest BCUT2D eigenvalue weighted by molar-refractivity contribution is 5.98. The second-order valence-corrected chi connectivity index (χ2v) is 6.08. The summed E-state index contributed by atoms with van der Waals surface area (Å²) >= 11 is 0. The summed E-state index contributed by atoms with van der Waals surface area (Å²) < 4.78 is 5.03. The predicted octanol–water partition coefficient (Wildman–Crippen LogP) is -0.955. The normalized spacial score (nSPS) is 21.5. The van der Waals surface area contributed by atoms with Crippen molar-refractivity contribution in [2.75, 3.05) is 19.8 Å². The minimum atomic E-state index is -1.27. The average Bonchev–Trinajstić information content (AvgIpc) is 3.32. The molecule has 2 amide bonds. The Morgan fingerprint density at radius 1 is 1.25 bits per heavy atom. The number of nitrogens with one attached hydrogen (secondary N) is 2. The summed E-state index contributed by atoms with van der Waals surface area (Å²) in [4.78, 5) is 36.3. The van der Waals surface area contributed by atoms with Crippen molar-refractivity contribution in [3.05, 3.63) is 12.2 Å². The molecule has 0 aliphatic carbocycles. The quantitative estimate of drug-likeness (QED) is 0.283. The maximum Gasteiger partial charge on any atom is 0.245 e. The minimum Gasteiger partial charge on any atom is -0.394 e. The number of rotatable bonds is 11. The van der Waals surface area contributed by atoms with Crippen LogP contribution in [0.3, 0.4) is 0 Å². The summed E-state index contributed by atoms with van der Waals surface area (Å²) in [7, 11) is 0. The molecule has 24 heavy (non-hydrogen) atoms. The van der Waals surface area contributed by atoms with Crippen LogP contribution in [0.15, 0.2) is 12.2 Å². The number of ketones is 1. The van der Waals surface area contributed by atoms with Gasteiger partial charge in [0.15, 0.2) is 11.4 Å². The molecule has 0 aromatic carbocycles. The third-order valence-electron chi connectivity index (χ3n) is 3.69. The molecule has 8 nitrogen and oxygen atoms in total. The molecule has 8 heteroatoms. The van der Waals surface area contributed by atoms with Crippen LogP contribution in [0.4, 0.5) is 0 Å². The van der Waals surface area contributed by atoms with E-state index in [2.05, 4.69) is 17.2 Å².